The lowest BCUT2D eigenvalue weighted by molar-refractivity contribution is 0.216. The van der Waals surface area contributed by atoms with Crippen LogP contribution in [-0.2, 0) is 13.1 Å². The van der Waals surface area contributed by atoms with Crippen LogP contribution in [0, 0.1) is 5.82 Å². The van der Waals surface area contributed by atoms with Crippen LogP contribution in [-0.4, -0.2) is 42.0 Å². The number of hydrogen-bond donors (Lipinski definition) is 0. The minimum atomic E-state index is -0.253. The topological polar surface area (TPSA) is 51.8 Å². The first kappa shape index (κ1) is 15.0. The summed E-state index contributed by atoms with van der Waals surface area (Å²) in [7, 11) is 0. The van der Waals surface area contributed by atoms with Gasteiger partial charge in [-0.3, -0.25) is 9.58 Å². The third-order valence-corrected chi connectivity index (χ3v) is 4.45. The van der Waals surface area contributed by atoms with Gasteiger partial charge in [0.25, 0.3) is 0 Å². The summed E-state index contributed by atoms with van der Waals surface area (Å²) in [6.07, 6.45) is 7.55. The Morgan fingerprint density at radius 2 is 2.21 bits per heavy atom. The van der Waals surface area contributed by atoms with E-state index in [4.69, 9.17) is 0 Å². The molecular formula is C17H19FN6. The molecule has 0 amide bonds. The second-order valence-electron chi connectivity index (χ2n) is 6.12. The van der Waals surface area contributed by atoms with E-state index < -0.39 is 0 Å². The quantitative estimate of drug-likeness (QED) is 0.722. The third-order valence-electron chi connectivity index (χ3n) is 4.45. The van der Waals surface area contributed by atoms with E-state index in [1.165, 1.54) is 18.6 Å². The molecule has 6 nitrogen and oxygen atoms in total. The molecule has 0 unspecified atom stereocenters. The van der Waals surface area contributed by atoms with Crippen molar-refractivity contribution in [3.63, 3.8) is 0 Å². The van der Waals surface area contributed by atoms with Gasteiger partial charge in [0, 0.05) is 18.8 Å². The Balaban J connectivity index is 1.45. The number of aromatic nitrogens is 5. The molecule has 0 radical (unpaired) electrons. The van der Waals surface area contributed by atoms with Crippen molar-refractivity contribution in [3.8, 4) is 5.69 Å². The number of halogens is 1. The molecule has 1 aliphatic rings. The van der Waals surface area contributed by atoms with Crippen LogP contribution >= 0.6 is 0 Å². The lowest BCUT2D eigenvalue weighted by Gasteiger charge is -2.23. The van der Waals surface area contributed by atoms with Gasteiger partial charge in [-0.25, -0.2) is 14.1 Å². The molecule has 0 bridgehead atoms. The summed E-state index contributed by atoms with van der Waals surface area (Å²) in [6, 6.07) is 8.91. The number of rotatable bonds is 5. The van der Waals surface area contributed by atoms with Crippen LogP contribution in [0.15, 0.2) is 49.2 Å². The molecule has 7 heteroatoms. The summed E-state index contributed by atoms with van der Waals surface area (Å²) < 4.78 is 17.0. The molecule has 24 heavy (non-hydrogen) atoms. The molecule has 1 fully saturated rings. The molecule has 0 N–H and O–H groups in total. The van der Waals surface area contributed by atoms with Gasteiger partial charge >= 0.3 is 0 Å². The molecule has 1 aromatic carbocycles. The Hall–Kier alpha value is -2.54. The van der Waals surface area contributed by atoms with Gasteiger partial charge in [-0.05, 0) is 43.7 Å². The van der Waals surface area contributed by atoms with Gasteiger partial charge in [-0.2, -0.15) is 10.2 Å². The minimum Gasteiger partial charge on any atom is -0.293 e. The zero-order valence-corrected chi connectivity index (χ0v) is 13.3. The highest BCUT2D eigenvalue weighted by Crippen LogP contribution is 2.21. The van der Waals surface area contributed by atoms with Crippen molar-refractivity contribution in [2.75, 3.05) is 6.54 Å². The van der Waals surface area contributed by atoms with Crippen molar-refractivity contribution < 1.29 is 4.39 Å². The fraction of sp³-hybridized carbons (Fsp3) is 0.353. The van der Waals surface area contributed by atoms with Crippen LogP contribution in [0.3, 0.4) is 0 Å². The summed E-state index contributed by atoms with van der Waals surface area (Å²) in [5, 5.41) is 8.79. The highest BCUT2D eigenvalue weighted by atomic mass is 19.1. The largest absolute Gasteiger partial charge is 0.293 e. The zero-order chi connectivity index (χ0) is 16.4. The second-order valence-corrected chi connectivity index (χ2v) is 6.12. The van der Waals surface area contributed by atoms with Gasteiger partial charge in [0.2, 0.25) is 0 Å². The Kier molecular flexibility index (Phi) is 4.08. The monoisotopic (exact) mass is 326 g/mol. The summed E-state index contributed by atoms with van der Waals surface area (Å²) in [5.74, 6) is -0.253. The standard InChI is InChI=1S/C17H19FN6/c18-14-3-1-4-16(9-14)24-8-6-15(21-24)10-22-7-2-5-17(22)11-23-13-19-12-20-23/h1,3-4,6,8-9,12-13,17H,2,5,7,10-11H2/t17-/m0/s1. The molecule has 1 atom stereocenters. The molecule has 4 rings (SSSR count). The van der Waals surface area contributed by atoms with E-state index in [9.17, 15) is 4.39 Å². The minimum absolute atomic E-state index is 0.253. The predicted octanol–water partition coefficient (Wildman–Crippen LogP) is 2.27. The zero-order valence-electron chi connectivity index (χ0n) is 13.3. The maximum Gasteiger partial charge on any atom is 0.137 e. The summed E-state index contributed by atoms with van der Waals surface area (Å²) >= 11 is 0. The predicted molar refractivity (Wildman–Crippen MR) is 87.0 cm³/mol. The van der Waals surface area contributed by atoms with Gasteiger partial charge < -0.3 is 0 Å². The first-order valence-electron chi connectivity index (χ1n) is 8.15. The van der Waals surface area contributed by atoms with Gasteiger partial charge in [-0.15, -0.1) is 0 Å². The van der Waals surface area contributed by atoms with Crippen molar-refractivity contribution >= 4 is 0 Å². The Morgan fingerprint density at radius 3 is 3.04 bits per heavy atom. The maximum absolute atomic E-state index is 13.4. The van der Waals surface area contributed by atoms with E-state index in [-0.39, 0.29) is 5.82 Å². The highest BCUT2D eigenvalue weighted by molar-refractivity contribution is 5.31. The van der Waals surface area contributed by atoms with E-state index in [2.05, 4.69) is 20.1 Å². The van der Waals surface area contributed by atoms with Crippen molar-refractivity contribution in [1.29, 1.82) is 0 Å². The lowest BCUT2D eigenvalue weighted by Crippen LogP contribution is -2.32. The van der Waals surface area contributed by atoms with Crippen LogP contribution in [0.2, 0.25) is 0 Å². The molecule has 0 aliphatic carbocycles. The first-order chi connectivity index (χ1) is 11.8. The number of benzene rings is 1. The van der Waals surface area contributed by atoms with Crippen LogP contribution in [0.25, 0.3) is 5.69 Å². The second kappa shape index (κ2) is 6.52. The molecule has 3 aromatic rings. The molecule has 1 saturated heterocycles. The smallest absolute Gasteiger partial charge is 0.137 e. The highest BCUT2D eigenvalue weighted by Gasteiger charge is 2.25. The summed E-state index contributed by atoms with van der Waals surface area (Å²) in [6.45, 7) is 2.71. The van der Waals surface area contributed by atoms with Crippen LogP contribution in [0.4, 0.5) is 4.39 Å². The summed E-state index contributed by atoms with van der Waals surface area (Å²) in [5.41, 5.74) is 1.73. The average Bonchev–Trinajstić information content (AvgIpc) is 3.32. The number of hydrogen-bond acceptors (Lipinski definition) is 4. The van der Waals surface area contributed by atoms with Crippen molar-refractivity contribution in [2.45, 2.75) is 32.0 Å². The first-order valence-corrected chi connectivity index (χ1v) is 8.15. The van der Waals surface area contributed by atoms with E-state index in [0.29, 0.717) is 6.04 Å². The third kappa shape index (κ3) is 3.21. The van der Waals surface area contributed by atoms with Crippen molar-refractivity contribution in [2.24, 2.45) is 0 Å². The van der Waals surface area contributed by atoms with Crippen LogP contribution < -0.4 is 0 Å². The Labute approximate surface area is 139 Å². The van der Waals surface area contributed by atoms with Gasteiger partial charge in [0.15, 0.2) is 0 Å². The van der Waals surface area contributed by atoms with Crippen LogP contribution in [0.1, 0.15) is 18.5 Å². The van der Waals surface area contributed by atoms with Gasteiger partial charge in [0.05, 0.1) is 17.9 Å². The van der Waals surface area contributed by atoms with Gasteiger partial charge in [-0.1, -0.05) is 6.07 Å². The molecular weight excluding hydrogens is 307 g/mol. The van der Waals surface area contributed by atoms with Crippen molar-refractivity contribution in [3.05, 3.63) is 60.7 Å². The molecule has 124 valence electrons. The SMILES string of the molecule is Fc1cccc(-n2ccc(CN3CCC[C@H]3Cn3cncn3)n2)c1. The fourth-order valence-electron chi connectivity index (χ4n) is 3.27. The van der Waals surface area contributed by atoms with Crippen molar-refractivity contribution in [1.82, 2.24) is 29.4 Å². The summed E-state index contributed by atoms with van der Waals surface area (Å²) in [4.78, 5) is 6.43. The lowest BCUT2D eigenvalue weighted by atomic mass is 10.2. The Morgan fingerprint density at radius 1 is 1.25 bits per heavy atom. The van der Waals surface area contributed by atoms with Gasteiger partial charge in [0.1, 0.15) is 18.5 Å². The maximum atomic E-state index is 13.4. The molecule has 0 saturated carbocycles. The fourth-order valence-corrected chi connectivity index (χ4v) is 3.27. The molecule has 1 aliphatic heterocycles. The normalized spacial score (nSPS) is 18.3. The van der Waals surface area contributed by atoms with Crippen LogP contribution in [0.5, 0.6) is 0 Å². The van der Waals surface area contributed by atoms with E-state index >= 15 is 0 Å². The molecule has 0 spiro atoms. The average molecular weight is 326 g/mol. The van der Waals surface area contributed by atoms with E-state index in [1.54, 1.807) is 23.4 Å². The number of likely N-dealkylation sites (tertiary alicyclic amines) is 1. The Bertz CT molecular complexity index is 797. The van der Waals surface area contributed by atoms with E-state index in [1.807, 2.05) is 23.0 Å². The molecule has 3 heterocycles. The van der Waals surface area contributed by atoms with E-state index in [0.717, 1.165) is 37.4 Å². The number of nitrogens with zero attached hydrogens (tertiary/aromatic N) is 6. The molecule has 2 aromatic heterocycles.